The van der Waals surface area contributed by atoms with E-state index in [1.54, 1.807) is 18.2 Å². The zero-order valence-corrected chi connectivity index (χ0v) is 10.8. The average Bonchev–Trinajstić information content (AvgIpc) is 2.39. The lowest BCUT2D eigenvalue weighted by molar-refractivity contribution is 0.455. The first-order valence-electron chi connectivity index (χ1n) is 5.70. The summed E-state index contributed by atoms with van der Waals surface area (Å²) in [5.74, 6) is 1.13. The van der Waals surface area contributed by atoms with E-state index in [0.29, 0.717) is 23.2 Å². The molecule has 0 saturated carbocycles. The van der Waals surface area contributed by atoms with E-state index < -0.39 is 0 Å². The third kappa shape index (κ3) is 2.97. The van der Waals surface area contributed by atoms with Crippen LogP contribution in [0, 0.1) is 0 Å². The van der Waals surface area contributed by atoms with Crippen LogP contribution in [0.4, 0.5) is 0 Å². The summed E-state index contributed by atoms with van der Waals surface area (Å²) >= 11 is 5.95. The summed E-state index contributed by atoms with van der Waals surface area (Å²) in [4.78, 5) is 8.19. The molecule has 2 N–H and O–H groups in total. The number of benzene rings is 1. The highest BCUT2D eigenvalue weighted by atomic mass is 35.5. The van der Waals surface area contributed by atoms with Gasteiger partial charge in [0.05, 0.1) is 0 Å². The van der Waals surface area contributed by atoms with Crippen LogP contribution in [0.5, 0.6) is 11.6 Å². The van der Waals surface area contributed by atoms with E-state index >= 15 is 0 Å². The highest BCUT2D eigenvalue weighted by molar-refractivity contribution is 6.30. The Balaban J connectivity index is 2.29. The molecule has 0 aliphatic carbocycles. The van der Waals surface area contributed by atoms with Crippen LogP contribution in [0.3, 0.4) is 0 Å². The summed E-state index contributed by atoms with van der Waals surface area (Å²) in [7, 11) is 0. The summed E-state index contributed by atoms with van der Waals surface area (Å²) in [5.41, 5.74) is 7.47. The monoisotopic (exact) mass is 263 g/mol. The molecule has 0 atom stereocenters. The van der Waals surface area contributed by atoms with E-state index in [2.05, 4.69) is 9.97 Å². The van der Waals surface area contributed by atoms with E-state index in [4.69, 9.17) is 22.1 Å². The fourth-order valence-electron chi connectivity index (χ4n) is 1.53. The molecular formula is C13H14ClN3O. The quantitative estimate of drug-likeness (QED) is 0.921. The number of aryl methyl sites for hydroxylation is 1. The van der Waals surface area contributed by atoms with Gasteiger partial charge < -0.3 is 10.5 Å². The Morgan fingerprint density at radius 3 is 2.83 bits per heavy atom. The topological polar surface area (TPSA) is 61.0 Å². The van der Waals surface area contributed by atoms with Crippen LogP contribution in [-0.4, -0.2) is 9.97 Å². The maximum atomic E-state index is 5.95. The maximum Gasteiger partial charge on any atom is 0.222 e. The Labute approximate surface area is 111 Å². The first-order chi connectivity index (χ1) is 8.72. The van der Waals surface area contributed by atoms with Gasteiger partial charge >= 0.3 is 0 Å². The molecule has 0 amide bonds. The highest BCUT2D eigenvalue weighted by Crippen LogP contribution is 2.27. The number of halogens is 1. The van der Waals surface area contributed by atoms with Crippen molar-refractivity contribution >= 4 is 11.6 Å². The average molecular weight is 264 g/mol. The van der Waals surface area contributed by atoms with E-state index in [0.717, 1.165) is 17.7 Å². The van der Waals surface area contributed by atoms with Crippen molar-refractivity contribution in [2.75, 3.05) is 0 Å². The molecule has 18 heavy (non-hydrogen) atoms. The van der Waals surface area contributed by atoms with Crippen LogP contribution in [0.1, 0.15) is 18.2 Å². The molecule has 0 spiro atoms. The van der Waals surface area contributed by atoms with Gasteiger partial charge in [-0.3, -0.25) is 0 Å². The van der Waals surface area contributed by atoms with Crippen molar-refractivity contribution in [1.82, 2.24) is 9.97 Å². The van der Waals surface area contributed by atoms with Crippen LogP contribution >= 0.6 is 11.6 Å². The molecule has 5 heteroatoms. The lowest BCUT2D eigenvalue weighted by atomic mass is 10.2. The van der Waals surface area contributed by atoms with Gasteiger partial charge in [0, 0.05) is 28.9 Å². The van der Waals surface area contributed by atoms with Crippen molar-refractivity contribution in [2.45, 2.75) is 19.9 Å². The smallest absolute Gasteiger partial charge is 0.222 e. The summed E-state index contributed by atoms with van der Waals surface area (Å²) < 4.78 is 5.71. The molecule has 2 aromatic rings. The predicted molar refractivity (Wildman–Crippen MR) is 70.8 cm³/mol. The largest absolute Gasteiger partial charge is 0.439 e. The standard InChI is InChI=1S/C13H14ClN3O/c1-2-11-6-13(17-8-16-11)18-12-5-10(14)4-3-9(12)7-15/h3-6,8H,2,7,15H2,1H3. The fraction of sp³-hybridized carbons (Fsp3) is 0.231. The van der Waals surface area contributed by atoms with E-state index in [-0.39, 0.29) is 0 Å². The van der Waals surface area contributed by atoms with Crippen molar-refractivity contribution in [1.29, 1.82) is 0 Å². The van der Waals surface area contributed by atoms with E-state index in [1.807, 2.05) is 13.0 Å². The number of nitrogens with two attached hydrogens (primary N) is 1. The molecule has 4 nitrogen and oxygen atoms in total. The Kier molecular flexibility index (Phi) is 4.12. The molecular weight excluding hydrogens is 250 g/mol. The molecule has 94 valence electrons. The molecule has 0 unspecified atom stereocenters. The number of hydrogen-bond acceptors (Lipinski definition) is 4. The number of hydrogen-bond donors (Lipinski definition) is 1. The lowest BCUT2D eigenvalue weighted by Crippen LogP contribution is -2.00. The molecule has 0 fully saturated rings. The van der Waals surface area contributed by atoms with Crippen LogP contribution in [0.15, 0.2) is 30.6 Å². The van der Waals surface area contributed by atoms with Gasteiger partial charge in [-0.25, -0.2) is 9.97 Å². The van der Waals surface area contributed by atoms with Gasteiger partial charge in [-0.2, -0.15) is 0 Å². The van der Waals surface area contributed by atoms with Gasteiger partial charge in [0.1, 0.15) is 12.1 Å². The second-order valence-corrected chi connectivity index (χ2v) is 4.20. The maximum absolute atomic E-state index is 5.95. The predicted octanol–water partition coefficient (Wildman–Crippen LogP) is 2.94. The van der Waals surface area contributed by atoms with Gasteiger partial charge in [0.2, 0.25) is 5.88 Å². The van der Waals surface area contributed by atoms with E-state index in [1.165, 1.54) is 6.33 Å². The highest BCUT2D eigenvalue weighted by Gasteiger charge is 2.06. The Bertz CT molecular complexity index is 546. The number of ether oxygens (including phenoxy) is 1. The number of rotatable bonds is 4. The minimum absolute atomic E-state index is 0.387. The molecule has 0 aliphatic rings. The molecule has 1 aromatic carbocycles. The van der Waals surface area contributed by atoms with Crippen LogP contribution in [-0.2, 0) is 13.0 Å². The van der Waals surface area contributed by atoms with Crippen molar-refractivity contribution in [3.8, 4) is 11.6 Å². The van der Waals surface area contributed by atoms with Gasteiger partial charge in [-0.15, -0.1) is 0 Å². The third-order valence-corrected chi connectivity index (χ3v) is 2.76. The summed E-state index contributed by atoms with van der Waals surface area (Å²) in [6, 6.07) is 7.17. The first-order valence-corrected chi connectivity index (χ1v) is 6.08. The zero-order valence-electron chi connectivity index (χ0n) is 10.1. The molecule has 0 aliphatic heterocycles. The molecule has 0 bridgehead atoms. The summed E-state index contributed by atoms with van der Waals surface area (Å²) in [6.07, 6.45) is 2.32. The second kappa shape index (κ2) is 5.80. The Morgan fingerprint density at radius 2 is 2.11 bits per heavy atom. The Morgan fingerprint density at radius 1 is 1.28 bits per heavy atom. The Hall–Kier alpha value is -1.65. The summed E-state index contributed by atoms with van der Waals surface area (Å²) in [5, 5.41) is 0.604. The molecule has 1 aromatic heterocycles. The lowest BCUT2D eigenvalue weighted by Gasteiger charge is -2.09. The summed E-state index contributed by atoms with van der Waals surface area (Å²) in [6.45, 7) is 2.41. The van der Waals surface area contributed by atoms with Gasteiger partial charge in [0.15, 0.2) is 0 Å². The number of nitrogens with zero attached hydrogens (tertiary/aromatic N) is 2. The van der Waals surface area contributed by atoms with Crippen LogP contribution in [0.25, 0.3) is 0 Å². The van der Waals surface area contributed by atoms with Crippen molar-refractivity contribution in [3.05, 3.63) is 46.9 Å². The third-order valence-electron chi connectivity index (χ3n) is 2.52. The van der Waals surface area contributed by atoms with Crippen molar-refractivity contribution in [2.24, 2.45) is 5.73 Å². The molecule has 2 rings (SSSR count). The van der Waals surface area contributed by atoms with Gasteiger partial charge in [-0.05, 0) is 18.6 Å². The van der Waals surface area contributed by atoms with Crippen LogP contribution < -0.4 is 10.5 Å². The molecule has 1 heterocycles. The van der Waals surface area contributed by atoms with Gasteiger partial charge in [-0.1, -0.05) is 24.6 Å². The van der Waals surface area contributed by atoms with Crippen molar-refractivity contribution in [3.63, 3.8) is 0 Å². The number of aromatic nitrogens is 2. The minimum Gasteiger partial charge on any atom is -0.439 e. The SMILES string of the molecule is CCc1cc(Oc2cc(Cl)ccc2CN)ncn1. The minimum atomic E-state index is 0.387. The fourth-order valence-corrected chi connectivity index (χ4v) is 1.69. The van der Waals surface area contributed by atoms with Crippen LogP contribution in [0.2, 0.25) is 5.02 Å². The van der Waals surface area contributed by atoms with E-state index in [9.17, 15) is 0 Å². The zero-order chi connectivity index (χ0) is 13.0. The second-order valence-electron chi connectivity index (χ2n) is 3.76. The normalized spacial score (nSPS) is 10.4. The molecule has 0 radical (unpaired) electrons. The first kappa shape index (κ1) is 12.8. The van der Waals surface area contributed by atoms with Crippen molar-refractivity contribution < 1.29 is 4.74 Å². The van der Waals surface area contributed by atoms with Gasteiger partial charge in [0.25, 0.3) is 0 Å². The molecule has 0 saturated heterocycles.